The summed E-state index contributed by atoms with van der Waals surface area (Å²) in [6, 6.07) is 0.175. The molecule has 0 spiro atoms. The molecule has 0 aliphatic heterocycles. The van der Waals surface area contributed by atoms with Crippen LogP contribution >= 0.6 is 36.2 Å². The van der Waals surface area contributed by atoms with Gasteiger partial charge in [0.05, 0.1) is 5.54 Å². The van der Waals surface area contributed by atoms with E-state index in [9.17, 15) is 4.79 Å². The first kappa shape index (κ1) is 21.6. The third kappa shape index (κ3) is 5.08. The molecule has 1 saturated carbocycles. The third-order valence-electron chi connectivity index (χ3n) is 4.28. The molecule has 0 bridgehead atoms. The Morgan fingerprint density at radius 3 is 2.68 bits per heavy atom. The number of hydrogen-bond acceptors (Lipinski definition) is 4. The molecule has 0 aromatic carbocycles. The first-order valence-electron chi connectivity index (χ1n) is 7.45. The summed E-state index contributed by atoms with van der Waals surface area (Å²) < 4.78 is 0. The van der Waals surface area contributed by atoms with Gasteiger partial charge in [0.2, 0.25) is 5.91 Å². The van der Waals surface area contributed by atoms with E-state index in [-0.39, 0.29) is 48.2 Å². The number of carbonyl (C=O) groups is 1. The van der Waals surface area contributed by atoms with Crippen molar-refractivity contribution < 1.29 is 4.79 Å². The Kier molecular flexibility index (Phi) is 8.91. The van der Waals surface area contributed by atoms with Gasteiger partial charge in [-0.25, -0.2) is 4.98 Å². The molecular formula is C15H27Cl2N3OS. The summed E-state index contributed by atoms with van der Waals surface area (Å²) >= 11 is 1.62. The molecule has 1 aliphatic carbocycles. The van der Waals surface area contributed by atoms with Gasteiger partial charge < -0.3 is 11.1 Å². The van der Waals surface area contributed by atoms with Crippen LogP contribution in [0, 0.1) is 12.8 Å². The minimum Gasteiger partial charge on any atom is -0.344 e. The van der Waals surface area contributed by atoms with Crippen molar-refractivity contribution >= 4 is 42.1 Å². The second kappa shape index (κ2) is 9.06. The predicted molar refractivity (Wildman–Crippen MR) is 97.1 cm³/mol. The van der Waals surface area contributed by atoms with Crippen molar-refractivity contribution in [2.24, 2.45) is 11.7 Å². The minimum atomic E-state index is -0.364. The normalized spacial score (nSPS) is 23.6. The molecule has 2 rings (SSSR count). The van der Waals surface area contributed by atoms with Crippen molar-refractivity contribution in [3.05, 3.63) is 16.1 Å². The summed E-state index contributed by atoms with van der Waals surface area (Å²) in [6.45, 7) is 6.13. The van der Waals surface area contributed by atoms with Crippen LogP contribution in [0.5, 0.6) is 0 Å². The molecule has 1 fully saturated rings. The van der Waals surface area contributed by atoms with Gasteiger partial charge in [-0.05, 0) is 39.5 Å². The molecule has 0 saturated heterocycles. The van der Waals surface area contributed by atoms with Crippen molar-refractivity contribution in [2.45, 2.75) is 64.5 Å². The number of nitrogens with two attached hydrogens (primary N) is 1. The number of amides is 1. The Bertz CT molecular complexity index is 483. The molecular weight excluding hydrogens is 341 g/mol. The number of nitrogens with one attached hydrogen (secondary N) is 1. The van der Waals surface area contributed by atoms with Crippen molar-refractivity contribution in [2.75, 3.05) is 0 Å². The molecule has 1 heterocycles. The molecule has 1 aromatic rings. The fourth-order valence-electron chi connectivity index (χ4n) is 2.74. The van der Waals surface area contributed by atoms with E-state index in [1.54, 1.807) is 11.3 Å². The van der Waals surface area contributed by atoms with Crippen LogP contribution in [0.2, 0.25) is 0 Å². The molecule has 22 heavy (non-hydrogen) atoms. The fourth-order valence-corrected chi connectivity index (χ4v) is 3.73. The first-order chi connectivity index (χ1) is 9.44. The van der Waals surface area contributed by atoms with E-state index in [2.05, 4.69) is 24.1 Å². The maximum absolute atomic E-state index is 12.5. The molecule has 4 nitrogen and oxygen atoms in total. The molecule has 3 atom stereocenters. The minimum absolute atomic E-state index is 0. The van der Waals surface area contributed by atoms with Gasteiger partial charge in [-0.1, -0.05) is 13.3 Å². The standard InChI is InChI=1S/C15H25N3OS.2ClH/c1-4-15(3,14-17-10(2)9-20-14)18-13(19)11-6-5-7-12(16)8-11;;/h9,11-12H,4-8,16H2,1-3H3,(H,18,19);2*1H. The Labute approximate surface area is 149 Å². The lowest BCUT2D eigenvalue weighted by molar-refractivity contribution is -0.128. The lowest BCUT2D eigenvalue weighted by Crippen LogP contribution is -2.47. The number of thiazole rings is 1. The number of aromatic nitrogens is 1. The van der Waals surface area contributed by atoms with Crippen LogP contribution in [0.15, 0.2) is 5.38 Å². The second-order valence-corrected chi connectivity index (χ2v) is 6.95. The molecule has 0 radical (unpaired) electrons. The van der Waals surface area contributed by atoms with E-state index in [1.165, 1.54) is 0 Å². The molecule has 128 valence electrons. The topological polar surface area (TPSA) is 68.0 Å². The number of hydrogen-bond donors (Lipinski definition) is 2. The van der Waals surface area contributed by atoms with E-state index in [1.807, 2.05) is 12.3 Å². The van der Waals surface area contributed by atoms with Gasteiger partial charge in [-0.2, -0.15) is 0 Å². The molecule has 1 aliphatic rings. The highest BCUT2D eigenvalue weighted by Gasteiger charge is 2.33. The van der Waals surface area contributed by atoms with Crippen molar-refractivity contribution in [3.8, 4) is 0 Å². The largest absolute Gasteiger partial charge is 0.344 e. The summed E-state index contributed by atoms with van der Waals surface area (Å²) in [5, 5.41) is 6.24. The summed E-state index contributed by atoms with van der Waals surface area (Å²) in [6.07, 6.45) is 4.70. The number of rotatable bonds is 4. The molecule has 7 heteroatoms. The number of halogens is 2. The summed E-state index contributed by atoms with van der Waals surface area (Å²) in [7, 11) is 0. The van der Waals surface area contributed by atoms with Gasteiger partial charge in [-0.15, -0.1) is 36.2 Å². The Morgan fingerprint density at radius 2 is 2.18 bits per heavy atom. The highest BCUT2D eigenvalue weighted by atomic mass is 35.5. The quantitative estimate of drug-likeness (QED) is 0.854. The molecule has 1 amide bonds. The zero-order valence-electron chi connectivity index (χ0n) is 13.4. The van der Waals surface area contributed by atoms with Crippen LogP contribution < -0.4 is 11.1 Å². The molecule has 1 aromatic heterocycles. The molecule has 3 unspecified atom stereocenters. The monoisotopic (exact) mass is 367 g/mol. The maximum atomic E-state index is 12.5. The Hall–Kier alpha value is -0.360. The summed E-state index contributed by atoms with van der Waals surface area (Å²) in [5.41, 5.74) is 6.63. The average Bonchev–Trinajstić information content (AvgIpc) is 2.86. The lowest BCUT2D eigenvalue weighted by atomic mass is 9.85. The smallest absolute Gasteiger partial charge is 0.223 e. The van der Waals surface area contributed by atoms with E-state index < -0.39 is 0 Å². The lowest BCUT2D eigenvalue weighted by Gasteiger charge is -2.32. The van der Waals surface area contributed by atoms with Crippen LogP contribution in [0.25, 0.3) is 0 Å². The highest BCUT2D eigenvalue weighted by molar-refractivity contribution is 7.09. The van der Waals surface area contributed by atoms with Crippen molar-refractivity contribution in [3.63, 3.8) is 0 Å². The van der Waals surface area contributed by atoms with Crippen LogP contribution in [-0.4, -0.2) is 16.9 Å². The number of aryl methyl sites for hydroxylation is 1. The van der Waals surface area contributed by atoms with Gasteiger partial charge >= 0.3 is 0 Å². The SMILES string of the molecule is CCC(C)(NC(=O)C1CCCC(N)C1)c1nc(C)cs1.Cl.Cl. The maximum Gasteiger partial charge on any atom is 0.223 e. The molecule has 3 N–H and O–H groups in total. The van der Waals surface area contributed by atoms with Gasteiger partial charge in [0.1, 0.15) is 5.01 Å². The fraction of sp³-hybridized carbons (Fsp3) is 0.733. The van der Waals surface area contributed by atoms with Crippen molar-refractivity contribution in [1.82, 2.24) is 10.3 Å². The summed E-state index contributed by atoms with van der Waals surface area (Å²) in [5.74, 6) is 0.197. The van der Waals surface area contributed by atoms with E-state index in [0.29, 0.717) is 0 Å². The third-order valence-corrected chi connectivity index (χ3v) is 5.51. The van der Waals surface area contributed by atoms with E-state index >= 15 is 0 Å². The summed E-state index contributed by atoms with van der Waals surface area (Å²) in [4.78, 5) is 17.1. The van der Waals surface area contributed by atoms with E-state index in [4.69, 9.17) is 5.73 Å². The predicted octanol–water partition coefficient (Wildman–Crippen LogP) is 3.55. The van der Waals surface area contributed by atoms with Gasteiger partial charge in [0, 0.05) is 23.0 Å². The number of carbonyl (C=O) groups excluding carboxylic acids is 1. The average molecular weight is 368 g/mol. The van der Waals surface area contributed by atoms with E-state index in [0.717, 1.165) is 42.8 Å². The van der Waals surface area contributed by atoms with Crippen LogP contribution in [0.4, 0.5) is 0 Å². The Morgan fingerprint density at radius 1 is 1.50 bits per heavy atom. The second-order valence-electron chi connectivity index (χ2n) is 6.09. The zero-order valence-corrected chi connectivity index (χ0v) is 15.9. The van der Waals surface area contributed by atoms with Gasteiger partial charge in [0.15, 0.2) is 0 Å². The Balaban J connectivity index is 0.00000220. The van der Waals surface area contributed by atoms with Crippen LogP contribution in [-0.2, 0) is 10.3 Å². The van der Waals surface area contributed by atoms with Gasteiger partial charge in [0.25, 0.3) is 0 Å². The zero-order chi connectivity index (χ0) is 14.8. The van der Waals surface area contributed by atoms with Crippen molar-refractivity contribution in [1.29, 1.82) is 0 Å². The van der Waals surface area contributed by atoms with Crippen LogP contribution in [0.1, 0.15) is 56.7 Å². The van der Waals surface area contributed by atoms with Gasteiger partial charge in [-0.3, -0.25) is 4.79 Å². The number of nitrogens with zero attached hydrogens (tertiary/aromatic N) is 1. The highest BCUT2D eigenvalue weighted by Crippen LogP contribution is 2.30. The first-order valence-corrected chi connectivity index (χ1v) is 8.33. The van der Waals surface area contributed by atoms with Crippen LogP contribution in [0.3, 0.4) is 0 Å².